The Morgan fingerprint density at radius 2 is 1.85 bits per heavy atom. The standard InChI is InChI=1S/C25H24ClF2NO3S2/c1-15-2-5-19(33-15)13-29-18-10-11-25(34(30,31)20-6-3-17(26)4-7-20)16(12-18)14-32-24-22(28)9-8-21(27)23(24)25/h2-9,16,18,29H,10-14H2,1H3/t16-,18-,25+/m1/s1. The van der Waals surface area contributed by atoms with Crippen LogP contribution in [0.25, 0.3) is 0 Å². The lowest BCUT2D eigenvalue weighted by atomic mass is 9.71. The van der Waals surface area contributed by atoms with E-state index in [9.17, 15) is 12.8 Å². The Bertz CT molecular complexity index is 1330. The van der Waals surface area contributed by atoms with Gasteiger partial charge in [0.15, 0.2) is 21.4 Å². The van der Waals surface area contributed by atoms with Crippen molar-refractivity contribution in [2.45, 2.75) is 48.4 Å². The van der Waals surface area contributed by atoms with Gasteiger partial charge in [-0.1, -0.05) is 11.6 Å². The molecule has 180 valence electrons. The number of benzene rings is 2. The first-order chi connectivity index (χ1) is 16.2. The summed E-state index contributed by atoms with van der Waals surface area (Å²) in [5, 5.41) is 3.92. The molecule has 34 heavy (non-hydrogen) atoms. The highest BCUT2D eigenvalue weighted by atomic mass is 35.5. The summed E-state index contributed by atoms with van der Waals surface area (Å²) in [6.45, 7) is 2.72. The maximum Gasteiger partial charge on any atom is 0.188 e. The molecule has 1 aliphatic heterocycles. The lowest BCUT2D eigenvalue weighted by Crippen LogP contribution is -2.55. The summed E-state index contributed by atoms with van der Waals surface area (Å²) in [5.41, 5.74) is -0.189. The maximum atomic E-state index is 15.3. The van der Waals surface area contributed by atoms with E-state index in [-0.39, 0.29) is 35.3 Å². The molecule has 2 heterocycles. The predicted octanol–water partition coefficient (Wildman–Crippen LogP) is 6.01. The number of ether oxygens (including phenoxy) is 1. The van der Waals surface area contributed by atoms with E-state index >= 15 is 4.39 Å². The zero-order chi connectivity index (χ0) is 24.1. The van der Waals surface area contributed by atoms with Crippen LogP contribution in [0.15, 0.2) is 53.4 Å². The van der Waals surface area contributed by atoms with Crippen LogP contribution in [0.3, 0.4) is 0 Å². The number of halogens is 3. The smallest absolute Gasteiger partial charge is 0.188 e. The van der Waals surface area contributed by atoms with Gasteiger partial charge in [0.2, 0.25) is 0 Å². The zero-order valence-corrected chi connectivity index (χ0v) is 20.9. The van der Waals surface area contributed by atoms with Crippen LogP contribution in [0.2, 0.25) is 5.02 Å². The van der Waals surface area contributed by atoms with E-state index in [1.54, 1.807) is 11.3 Å². The predicted molar refractivity (Wildman–Crippen MR) is 129 cm³/mol. The fraction of sp³-hybridized carbons (Fsp3) is 0.360. The van der Waals surface area contributed by atoms with Crippen LogP contribution in [0, 0.1) is 24.5 Å². The minimum absolute atomic E-state index is 0.00349. The van der Waals surface area contributed by atoms with Gasteiger partial charge in [-0.25, -0.2) is 17.2 Å². The number of rotatable bonds is 5. The molecule has 0 unspecified atom stereocenters. The monoisotopic (exact) mass is 523 g/mol. The molecule has 3 atom stereocenters. The number of aryl methyl sites for hydroxylation is 1. The van der Waals surface area contributed by atoms with E-state index in [0.717, 1.165) is 12.1 Å². The van der Waals surface area contributed by atoms with Crippen LogP contribution in [0.4, 0.5) is 8.78 Å². The normalized spacial score (nSPS) is 24.2. The van der Waals surface area contributed by atoms with E-state index < -0.39 is 32.1 Å². The Kier molecular flexibility index (Phi) is 6.21. The number of hydrogen-bond acceptors (Lipinski definition) is 5. The van der Waals surface area contributed by atoms with Crippen molar-refractivity contribution in [3.8, 4) is 5.75 Å². The molecule has 1 aliphatic carbocycles. The first-order valence-corrected chi connectivity index (χ1v) is 13.8. The van der Waals surface area contributed by atoms with Crippen LogP contribution in [-0.4, -0.2) is 21.1 Å². The van der Waals surface area contributed by atoms with E-state index in [2.05, 4.69) is 24.4 Å². The summed E-state index contributed by atoms with van der Waals surface area (Å²) in [7, 11) is -4.11. The highest BCUT2D eigenvalue weighted by molar-refractivity contribution is 7.92. The lowest BCUT2D eigenvalue weighted by molar-refractivity contribution is 0.108. The van der Waals surface area contributed by atoms with E-state index in [1.165, 1.54) is 34.0 Å². The van der Waals surface area contributed by atoms with Crippen molar-refractivity contribution >= 4 is 32.8 Å². The third-order valence-electron chi connectivity index (χ3n) is 6.97. The largest absolute Gasteiger partial charge is 0.490 e. The Balaban J connectivity index is 1.56. The minimum atomic E-state index is -4.11. The Morgan fingerprint density at radius 3 is 2.56 bits per heavy atom. The lowest BCUT2D eigenvalue weighted by Gasteiger charge is -2.49. The van der Waals surface area contributed by atoms with Crippen LogP contribution in [-0.2, 0) is 21.1 Å². The van der Waals surface area contributed by atoms with E-state index in [0.29, 0.717) is 24.4 Å². The summed E-state index contributed by atoms with van der Waals surface area (Å²) in [6, 6.07) is 12.0. The molecule has 1 fully saturated rings. The average molecular weight is 524 g/mol. The van der Waals surface area contributed by atoms with Crippen LogP contribution >= 0.6 is 22.9 Å². The Labute approximate surface area is 206 Å². The van der Waals surface area contributed by atoms with Gasteiger partial charge < -0.3 is 10.1 Å². The number of thiophene rings is 1. The summed E-state index contributed by atoms with van der Waals surface area (Å²) in [4.78, 5) is 2.46. The van der Waals surface area contributed by atoms with Gasteiger partial charge >= 0.3 is 0 Å². The molecule has 0 amide bonds. The maximum absolute atomic E-state index is 15.3. The minimum Gasteiger partial charge on any atom is -0.490 e. The first kappa shape index (κ1) is 23.7. The van der Waals surface area contributed by atoms with Crippen LogP contribution in [0.1, 0.15) is 34.6 Å². The van der Waals surface area contributed by atoms with Crippen molar-refractivity contribution in [1.29, 1.82) is 0 Å². The molecule has 0 radical (unpaired) electrons. The fourth-order valence-electron chi connectivity index (χ4n) is 5.35. The van der Waals surface area contributed by atoms with Crippen molar-refractivity contribution in [3.63, 3.8) is 0 Å². The van der Waals surface area contributed by atoms with Gasteiger partial charge in [-0.2, -0.15) is 0 Å². The summed E-state index contributed by atoms with van der Waals surface area (Å²) in [6.07, 6.45) is 1.12. The second kappa shape index (κ2) is 8.90. The van der Waals surface area contributed by atoms with Gasteiger partial charge in [0, 0.05) is 33.3 Å². The third kappa shape index (κ3) is 3.85. The van der Waals surface area contributed by atoms with E-state index in [1.807, 2.05) is 0 Å². The second-order valence-electron chi connectivity index (χ2n) is 8.95. The molecular formula is C25H24ClF2NO3S2. The van der Waals surface area contributed by atoms with Crippen LogP contribution in [0.5, 0.6) is 5.75 Å². The van der Waals surface area contributed by atoms with Gasteiger partial charge in [0.25, 0.3) is 0 Å². The molecule has 1 aromatic heterocycles. The van der Waals surface area contributed by atoms with Gasteiger partial charge in [0.05, 0.1) is 17.1 Å². The second-order valence-corrected chi connectivity index (χ2v) is 13.0. The number of hydrogen-bond donors (Lipinski definition) is 1. The SMILES string of the molecule is Cc1ccc(CN[C@@H]2CC[C@@]3(S(=O)(=O)c4ccc(Cl)cc4)c4c(F)ccc(F)c4OC[C@H]3C2)s1. The molecule has 9 heteroatoms. The molecule has 4 nitrogen and oxygen atoms in total. The third-order valence-corrected chi connectivity index (χ3v) is 10.8. The summed E-state index contributed by atoms with van der Waals surface area (Å²) >= 11 is 7.69. The van der Waals surface area contributed by atoms with Crippen molar-refractivity contribution in [2.75, 3.05) is 6.61 Å². The first-order valence-electron chi connectivity index (χ1n) is 11.1. The number of nitrogens with one attached hydrogen (secondary N) is 1. The number of fused-ring (bicyclic) bond motifs is 3. The fourth-order valence-corrected chi connectivity index (χ4v) is 8.68. The average Bonchev–Trinajstić information content (AvgIpc) is 3.24. The highest BCUT2D eigenvalue weighted by Crippen LogP contribution is 2.56. The zero-order valence-electron chi connectivity index (χ0n) is 18.5. The van der Waals surface area contributed by atoms with Crippen molar-refractivity contribution < 1.29 is 21.9 Å². The molecule has 0 saturated heterocycles. The molecule has 1 saturated carbocycles. The number of sulfone groups is 1. The molecule has 5 rings (SSSR count). The summed E-state index contributed by atoms with van der Waals surface area (Å²) in [5.74, 6) is -2.37. The molecule has 0 spiro atoms. The van der Waals surface area contributed by atoms with Crippen molar-refractivity contribution in [3.05, 3.63) is 80.5 Å². The molecule has 2 aromatic carbocycles. The van der Waals surface area contributed by atoms with Crippen molar-refractivity contribution in [1.82, 2.24) is 5.32 Å². The van der Waals surface area contributed by atoms with Crippen LogP contribution < -0.4 is 10.1 Å². The molecule has 1 N–H and O–H groups in total. The van der Waals surface area contributed by atoms with Gasteiger partial charge in [-0.15, -0.1) is 11.3 Å². The van der Waals surface area contributed by atoms with E-state index in [4.69, 9.17) is 16.3 Å². The highest BCUT2D eigenvalue weighted by Gasteiger charge is 2.59. The Morgan fingerprint density at radius 1 is 1.12 bits per heavy atom. The molecular weight excluding hydrogens is 500 g/mol. The molecule has 2 aliphatic rings. The Hall–Kier alpha value is -2.00. The topological polar surface area (TPSA) is 55.4 Å². The van der Waals surface area contributed by atoms with Gasteiger partial charge in [-0.3, -0.25) is 0 Å². The molecule has 3 aromatic rings. The van der Waals surface area contributed by atoms with Gasteiger partial charge in [0.1, 0.15) is 10.6 Å². The van der Waals surface area contributed by atoms with Crippen molar-refractivity contribution in [2.24, 2.45) is 5.92 Å². The van der Waals surface area contributed by atoms with Gasteiger partial charge in [-0.05, 0) is 74.7 Å². The quantitative estimate of drug-likeness (QED) is 0.445. The molecule has 0 bridgehead atoms. The summed E-state index contributed by atoms with van der Waals surface area (Å²) < 4.78 is 62.4.